The number of thioether (sulfide) groups is 1. The van der Waals surface area contributed by atoms with Gasteiger partial charge in [-0.15, -0.1) is 11.8 Å². The molecule has 1 fully saturated rings. The Morgan fingerprint density at radius 1 is 1.13 bits per heavy atom. The molecule has 6 nitrogen and oxygen atoms in total. The van der Waals surface area contributed by atoms with Crippen molar-refractivity contribution >= 4 is 46.8 Å². The van der Waals surface area contributed by atoms with E-state index in [9.17, 15) is 18.8 Å². The maximum atomic E-state index is 13.7. The van der Waals surface area contributed by atoms with Crippen LogP contribution >= 0.6 is 23.4 Å². The number of rotatable bonds is 7. The van der Waals surface area contributed by atoms with Crippen LogP contribution in [-0.4, -0.2) is 48.1 Å². The number of hydrogen-bond acceptors (Lipinski definition) is 5. The Morgan fingerprint density at radius 2 is 1.87 bits per heavy atom. The molecule has 2 aromatic rings. The van der Waals surface area contributed by atoms with Crippen molar-refractivity contribution in [3.63, 3.8) is 0 Å². The SMILES string of the molecule is O=C(COC(=O)c1ccccc1SCC(=O)N1CCCC1)Nc1ccc(Cl)cc1F. The lowest BCUT2D eigenvalue weighted by atomic mass is 10.2. The third-order valence-electron chi connectivity index (χ3n) is 4.46. The standard InChI is InChI=1S/C21H20ClFN2O4S/c22-14-7-8-17(16(23)11-14)24-19(26)12-29-21(28)15-5-1-2-6-18(15)30-13-20(27)25-9-3-4-10-25/h1-2,5-8,11H,3-4,9-10,12-13H2,(H,24,26). The Labute approximate surface area is 182 Å². The molecule has 30 heavy (non-hydrogen) atoms. The van der Waals surface area contributed by atoms with Crippen molar-refractivity contribution in [3.05, 3.63) is 58.9 Å². The van der Waals surface area contributed by atoms with E-state index >= 15 is 0 Å². The van der Waals surface area contributed by atoms with E-state index in [1.165, 1.54) is 23.9 Å². The Hall–Kier alpha value is -2.58. The minimum absolute atomic E-state index is 0.0324. The van der Waals surface area contributed by atoms with Crippen LogP contribution in [0.15, 0.2) is 47.4 Å². The van der Waals surface area contributed by atoms with Gasteiger partial charge in [0.05, 0.1) is 17.0 Å². The molecule has 1 aliphatic heterocycles. The number of esters is 1. The summed E-state index contributed by atoms with van der Waals surface area (Å²) in [5, 5.41) is 2.53. The molecule has 3 rings (SSSR count). The average molecular weight is 451 g/mol. The number of halogens is 2. The molecule has 9 heteroatoms. The van der Waals surface area contributed by atoms with Crippen LogP contribution in [0.25, 0.3) is 0 Å². The van der Waals surface area contributed by atoms with Gasteiger partial charge in [0.15, 0.2) is 6.61 Å². The average Bonchev–Trinajstić information content (AvgIpc) is 3.27. The van der Waals surface area contributed by atoms with Gasteiger partial charge in [0, 0.05) is 23.0 Å². The molecule has 158 valence electrons. The van der Waals surface area contributed by atoms with Gasteiger partial charge in [-0.25, -0.2) is 9.18 Å². The predicted octanol–water partition coefficient (Wildman–Crippen LogP) is 3.99. The van der Waals surface area contributed by atoms with Crippen molar-refractivity contribution in [1.82, 2.24) is 4.90 Å². The molecule has 1 saturated heterocycles. The molecular formula is C21H20ClFN2O4S. The molecular weight excluding hydrogens is 431 g/mol. The highest BCUT2D eigenvalue weighted by Crippen LogP contribution is 2.24. The molecule has 2 aromatic carbocycles. The number of likely N-dealkylation sites (tertiary alicyclic amines) is 1. The van der Waals surface area contributed by atoms with E-state index in [4.69, 9.17) is 16.3 Å². The number of nitrogens with zero attached hydrogens (tertiary/aromatic N) is 1. The topological polar surface area (TPSA) is 75.7 Å². The normalized spacial score (nSPS) is 13.2. The van der Waals surface area contributed by atoms with Crippen molar-refractivity contribution in [2.45, 2.75) is 17.7 Å². The monoisotopic (exact) mass is 450 g/mol. The van der Waals surface area contributed by atoms with Crippen LogP contribution in [0.2, 0.25) is 5.02 Å². The van der Waals surface area contributed by atoms with Crippen molar-refractivity contribution in [1.29, 1.82) is 0 Å². The van der Waals surface area contributed by atoms with E-state index in [2.05, 4.69) is 5.32 Å². The summed E-state index contributed by atoms with van der Waals surface area (Å²) in [5.74, 6) is -1.81. The second-order valence-electron chi connectivity index (χ2n) is 6.62. The summed E-state index contributed by atoms with van der Waals surface area (Å²) in [4.78, 5) is 39.1. The second-order valence-corrected chi connectivity index (χ2v) is 8.07. The molecule has 0 bridgehead atoms. The van der Waals surface area contributed by atoms with Crippen molar-refractivity contribution in [2.75, 3.05) is 30.8 Å². The smallest absolute Gasteiger partial charge is 0.339 e. The Bertz CT molecular complexity index is 950. The van der Waals surface area contributed by atoms with Gasteiger partial charge >= 0.3 is 5.97 Å². The van der Waals surface area contributed by atoms with Crippen LogP contribution in [-0.2, 0) is 14.3 Å². The number of nitrogens with one attached hydrogen (secondary N) is 1. The number of hydrogen-bond donors (Lipinski definition) is 1. The number of carbonyl (C=O) groups is 3. The van der Waals surface area contributed by atoms with Gasteiger partial charge in [-0.05, 0) is 43.2 Å². The highest BCUT2D eigenvalue weighted by atomic mass is 35.5. The van der Waals surface area contributed by atoms with Crippen LogP contribution in [0.1, 0.15) is 23.2 Å². The first-order chi connectivity index (χ1) is 14.4. The van der Waals surface area contributed by atoms with E-state index in [1.54, 1.807) is 24.3 Å². The molecule has 0 aliphatic carbocycles. The Morgan fingerprint density at radius 3 is 2.60 bits per heavy atom. The highest BCUT2D eigenvalue weighted by molar-refractivity contribution is 8.00. The van der Waals surface area contributed by atoms with Crippen molar-refractivity contribution < 1.29 is 23.5 Å². The van der Waals surface area contributed by atoms with E-state index in [0.717, 1.165) is 32.0 Å². The molecule has 0 radical (unpaired) electrons. The number of ether oxygens (including phenoxy) is 1. The second kappa shape index (κ2) is 10.4. The molecule has 2 amide bonds. The first-order valence-electron chi connectivity index (χ1n) is 9.35. The van der Waals surface area contributed by atoms with Crippen molar-refractivity contribution in [2.24, 2.45) is 0 Å². The van der Waals surface area contributed by atoms with Gasteiger partial charge < -0.3 is 15.0 Å². The summed E-state index contributed by atoms with van der Waals surface area (Å²) in [5.41, 5.74) is 0.207. The first kappa shape index (κ1) is 22.1. The van der Waals surface area contributed by atoms with Gasteiger partial charge in [-0.1, -0.05) is 23.7 Å². The molecule has 1 heterocycles. The lowest BCUT2D eigenvalue weighted by Crippen LogP contribution is -2.29. The third-order valence-corrected chi connectivity index (χ3v) is 5.75. The molecule has 1 N–H and O–H groups in total. The molecule has 0 atom stereocenters. The van der Waals surface area contributed by atoms with E-state index < -0.39 is 24.3 Å². The summed E-state index contributed by atoms with van der Waals surface area (Å²) in [6.07, 6.45) is 2.03. The summed E-state index contributed by atoms with van der Waals surface area (Å²) < 4.78 is 18.8. The van der Waals surface area contributed by atoms with Gasteiger partial charge in [0.1, 0.15) is 5.82 Å². The third kappa shape index (κ3) is 5.96. The predicted molar refractivity (Wildman–Crippen MR) is 113 cm³/mol. The van der Waals surface area contributed by atoms with Crippen LogP contribution in [0.5, 0.6) is 0 Å². The van der Waals surface area contributed by atoms with E-state index in [0.29, 0.717) is 4.90 Å². The molecule has 0 unspecified atom stereocenters. The summed E-state index contributed by atoms with van der Waals surface area (Å²) in [7, 11) is 0. The zero-order valence-electron chi connectivity index (χ0n) is 16.0. The fourth-order valence-electron chi connectivity index (χ4n) is 2.94. The first-order valence-corrected chi connectivity index (χ1v) is 10.7. The van der Waals surface area contributed by atoms with Gasteiger partial charge in [-0.2, -0.15) is 0 Å². The number of anilines is 1. The largest absolute Gasteiger partial charge is 0.452 e. The van der Waals surface area contributed by atoms with Gasteiger partial charge in [0.25, 0.3) is 5.91 Å². The highest BCUT2D eigenvalue weighted by Gasteiger charge is 2.20. The Kier molecular flexibility index (Phi) is 7.70. The van der Waals surface area contributed by atoms with Crippen LogP contribution in [0, 0.1) is 5.82 Å². The lowest BCUT2D eigenvalue weighted by molar-refractivity contribution is -0.127. The summed E-state index contributed by atoms with van der Waals surface area (Å²) in [6.45, 7) is 0.964. The zero-order chi connectivity index (χ0) is 21.5. The minimum Gasteiger partial charge on any atom is -0.452 e. The van der Waals surface area contributed by atoms with Gasteiger partial charge in [0.2, 0.25) is 5.91 Å². The van der Waals surface area contributed by atoms with Gasteiger partial charge in [-0.3, -0.25) is 9.59 Å². The maximum absolute atomic E-state index is 13.7. The van der Waals surface area contributed by atoms with Crippen LogP contribution in [0.4, 0.5) is 10.1 Å². The van der Waals surface area contributed by atoms with Crippen LogP contribution in [0.3, 0.4) is 0 Å². The lowest BCUT2D eigenvalue weighted by Gasteiger charge is -2.15. The quantitative estimate of drug-likeness (QED) is 0.510. The fourth-order valence-corrected chi connectivity index (χ4v) is 4.05. The van der Waals surface area contributed by atoms with Crippen molar-refractivity contribution in [3.8, 4) is 0 Å². The molecule has 0 spiro atoms. The summed E-state index contributed by atoms with van der Waals surface area (Å²) in [6, 6.07) is 10.6. The van der Waals surface area contributed by atoms with Crippen LogP contribution < -0.4 is 5.32 Å². The number of benzene rings is 2. The van der Waals surface area contributed by atoms with E-state index in [-0.39, 0.29) is 27.9 Å². The van der Waals surface area contributed by atoms with E-state index in [1.807, 2.05) is 4.90 Å². The molecule has 0 saturated carbocycles. The zero-order valence-corrected chi connectivity index (χ0v) is 17.6. The molecule has 1 aliphatic rings. The fraction of sp³-hybridized carbons (Fsp3) is 0.286. The Balaban J connectivity index is 1.54. The number of amides is 2. The maximum Gasteiger partial charge on any atom is 0.339 e. The minimum atomic E-state index is -0.696. The summed E-state index contributed by atoms with van der Waals surface area (Å²) >= 11 is 6.93. The molecule has 0 aromatic heterocycles. The number of carbonyl (C=O) groups excluding carboxylic acids is 3.